The maximum absolute atomic E-state index is 16.1. The average Bonchev–Trinajstić information content (AvgIpc) is 1.70. The lowest BCUT2D eigenvalue weighted by Crippen LogP contribution is -2.28. The number of halogens is 2. The zero-order chi connectivity index (χ0) is 65.1. The van der Waals surface area contributed by atoms with Crippen LogP contribution in [0.1, 0.15) is 63.6 Å². The molecule has 0 radical (unpaired) electrons. The smallest absolute Gasteiger partial charge is 0.340 e. The van der Waals surface area contributed by atoms with Gasteiger partial charge in [-0.15, -0.1) is 0 Å². The molecule has 10 rings (SSSR count). The summed E-state index contributed by atoms with van der Waals surface area (Å²) in [5, 5.41) is 0. The van der Waals surface area contributed by atoms with Crippen LogP contribution >= 0.6 is 15.9 Å². The van der Waals surface area contributed by atoms with Crippen LogP contribution in [0, 0.1) is 5.82 Å². The Balaban J connectivity index is 0.801. The molecule has 7 aromatic carbocycles. The van der Waals surface area contributed by atoms with Crippen molar-refractivity contribution in [1.29, 1.82) is 0 Å². The third-order valence-electron chi connectivity index (χ3n) is 15.4. The van der Waals surface area contributed by atoms with Crippen LogP contribution in [0.4, 0.5) is 4.39 Å². The summed E-state index contributed by atoms with van der Waals surface area (Å²) in [6.45, 7) is 0.0911. The first-order chi connectivity index (χ1) is 43.3. The average molecular weight is 1370 g/mol. The summed E-state index contributed by atoms with van der Waals surface area (Å²) in [6.07, 6.45) is 4.18. The summed E-state index contributed by atoms with van der Waals surface area (Å²) < 4.78 is 132. The number of unbranched alkanes of at least 4 members (excludes halogenated alkanes) is 1. The van der Waals surface area contributed by atoms with E-state index in [0.717, 1.165) is 18.8 Å². The number of hydrogen-bond acceptors (Lipinski definition) is 16. The lowest BCUT2D eigenvalue weighted by Gasteiger charge is -2.21. The third-order valence-corrected chi connectivity index (χ3v) is 18.8. The van der Waals surface area contributed by atoms with Gasteiger partial charge in [-0.25, -0.2) is 48.8 Å². The van der Waals surface area contributed by atoms with Gasteiger partial charge in [0.15, 0.2) is 23.0 Å². The molecule has 0 saturated heterocycles. The van der Waals surface area contributed by atoms with E-state index in [4.69, 9.17) is 28.4 Å². The van der Waals surface area contributed by atoms with Crippen LogP contribution in [-0.4, -0.2) is 137 Å². The fraction of sp³-hybridized carbons (Fsp3) is 0.281. The zero-order valence-electron chi connectivity index (χ0n) is 50.2. The van der Waals surface area contributed by atoms with Gasteiger partial charge in [-0.3, -0.25) is 13.7 Å². The minimum absolute atomic E-state index is 0.0124. The van der Waals surface area contributed by atoms with Crippen LogP contribution in [0.25, 0.3) is 44.2 Å². The largest absolute Gasteiger partial charge is 0.497 e. The normalized spacial score (nSPS) is 13.1. The van der Waals surface area contributed by atoms with Crippen LogP contribution in [-0.2, 0) is 40.7 Å². The van der Waals surface area contributed by atoms with Crippen molar-refractivity contribution in [2.24, 2.45) is 0 Å². The lowest BCUT2D eigenvalue weighted by atomic mass is 10.0. The molecule has 478 valence electrons. The van der Waals surface area contributed by atoms with E-state index in [0.29, 0.717) is 90.2 Å². The molecular formula is C64H64BrFN6O16S3. The molecule has 0 fully saturated rings. The number of H-pyrrole nitrogens is 3. The van der Waals surface area contributed by atoms with Gasteiger partial charge in [0.2, 0.25) is 0 Å². The van der Waals surface area contributed by atoms with Gasteiger partial charge in [0.25, 0.3) is 0 Å². The molecule has 0 saturated carbocycles. The summed E-state index contributed by atoms with van der Waals surface area (Å²) in [5.41, 5.74) is 3.10. The molecule has 91 heavy (non-hydrogen) atoms. The number of carbonyl (C=O) groups excluding carboxylic acids is 1. The Morgan fingerprint density at radius 3 is 1.62 bits per heavy atom. The van der Waals surface area contributed by atoms with E-state index < -0.39 is 82.2 Å². The topological polar surface area (TPSA) is 288 Å². The molecule has 0 aliphatic carbocycles. The minimum Gasteiger partial charge on any atom is -0.497 e. The molecule has 22 nitrogen and oxygen atoms in total. The van der Waals surface area contributed by atoms with Crippen molar-refractivity contribution >= 4 is 84.5 Å². The number of para-hydroxylation sites is 2. The third kappa shape index (κ3) is 14.8. The number of methoxy groups -OCH3 is 3. The van der Waals surface area contributed by atoms with Crippen molar-refractivity contribution in [2.45, 2.75) is 37.4 Å². The van der Waals surface area contributed by atoms with Gasteiger partial charge >= 0.3 is 23.0 Å². The van der Waals surface area contributed by atoms with Crippen molar-refractivity contribution in [3.63, 3.8) is 0 Å². The van der Waals surface area contributed by atoms with Crippen molar-refractivity contribution < 1.29 is 62.9 Å². The summed E-state index contributed by atoms with van der Waals surface area (Å²) in [4.78, 5) is 63.0. The molecule has 27 heteroatoms. The fourth-order valence-electron chi connectivity index (χ4n) is 11.2. The second-order valence-electron chi connectivity index (χ2n) is 22.0. The van der Waals surface area contributed by atoms with Crippen molar-refractivity contribution in [3.8, 4) is 39.9 Å². The minimum atomic E-state index is -3.79. The number of nitrogens with zero attached hydrogens (tertiary/aromatic N) is 3. The SMILES string of the molecule is COc1ccc(C(CS(C)(=O)=O)n2c(=O)[nH]c3cc(-c4ccc(CCOc5cc([C@@H](CS(C)(=O)=O)n6c(=O)[nH]c7c(C(=O)OCCCCOc8cc([C@@H](CS(C)(=O)=O)n9c(=O)[nH]c%10c(Br)cccc%109)ccc8OC)cccc76)ccc5OC)cc4F)ccc32)cc1. The summed E-state index contributed by atoms with van der Waals surface area (Å²) in [6, 6.07) is 33.0. The molecule has 0 aliphatic rings. The monoisotopic (exact) mass is 1370 g/mol. The van der Waals surface area contributed by atoms with Crippen LogP contribution in [0.3, 0.4) is 0 Å². The molecule has 3 heterocycles. The van der Waals surface area contributed by atoms with Gasteiger partial charge in [-0.1, -0.05) is 54.6 Å². The summed E-state index contributed by atoms with van der Waals surface area (Å²) in [7, 11) is -6.58. The highest BCUT2D eigenvalue weighted by Gasteiger charge is 2.30. The van der Waals surface area contributed by atoms with E-state index in [9.17, 15) is 44.4 Å². The first-order valence-corrected chi connectivity index (χ1v) is 35.4. The van der Waals surface area contributed by atoms with Gasteiger partial charge in [-0.2, -0.15) is 0 Å². The molecule has 0 spiro atoms. The highest BCUT2D eigenvalue weighted by molar-refractivity contribution is 9.10. The quantitative estimate of drug-likeness (QED) is 0.0320. The molecule has 10 aromatic rings. The van der Waals surface area contributed by atoms with Crippen LogP contribution in [0.15, 0.2) is 152 Å². The summed E-state index contributed by atoms with van der Waals surface area (Å²) in [5.74, 6) is -0.864. The van der Waals surface area contributed by atoms with E-state index >= 15 is 4.39 Å². The van der Waals surface area contributed by atoms with E-state index in [1.807, 2.05) is 0 Å². The Morgan fingerprint density at radius 1 is 0.527 bits per heavy atom. The maximum atomic E-state index is 16.1. The lowest BCUT2D eigenvalue weighted by molar-refractivity contribution is 0.0496. The number of nitrogens with one attached hydrogen (secondary N) is 3. The fourth-order valence-corrected chi connectivity index (χ4v) is 14.4. The first kappa shape index (κ1) is 65.0. The Morgan fingerprint density at radius 2 is 1.04 bits per heavy atom. The number of aromatic nitrogens is 6. The number of sulfone groups is 3. The van der Waals surface area contributed by atoms with Gasteiger partial charge in [0.05, 0.1) is 115 Å². The molecule has 3 atom stereocenters. The number of benzene rings is 7. The van der Waals surface area contributed by atoms with E-state index in [-0.39, 0.29) is 65.7 Å². The number of imidazole rings is 3. The van der Waals surface area contributed by atoms with E-state index in [1.54, 1.807) is 121 Å². The molecule has 0 aliphatic heterocycles. The van der Waals surface area contributed by atoms with Crippen molar-refractivity contribution in [2.75, 3.05) is 77.2 Å². The molecule has 0 amide bonds. The first-order valence-electron chi connectivity index (χ1n) is 28.4. The zero-order valence-corrected chi connectivity index (χ0v) is 54.2. The Hall–Kier alpha value is -8.92. The predicted molar refractivity (Wildman–Crippen MR) is 348 cm³/mol. The standard InChI is InChI=1S/C64H64BrFN6O16S3/c1-83-43-21-16-39(17-22-43)52(35-89(4,77)78)70-49-24-18-40(32-48(49)67-62(70)74)44-23-15-38(31-47(44)66)27-30-87-58-34-42(20-26-56(58)85-3)53(36-90(5,79)80)71-50-13-9-11-45(59(50)68-63(71)75)61(73)88-29-8-7-28-86-57-33-41(19-25-55(57)84-2)54(37-91(6,81)82)72-51-14-10-12-46(65)60(51)69-64(72)76/h9-26,31-34,52-54H,7-8,27-30,35-37H2,1-6H3,(H,67,74)(H,68,75)(H,69,76)/t52?,53-,54-/m1/s1. The number of rotatable bonds is 27. The Labute approximate surface area is 530 Å². The number of ether oxygens (including phenoxy) is 6. The van der Waals surface area contributed by atoms with Gasteiger partial charge < -0.3 is 43.4 Å². The van der Waals surface area contributed by atoms with E-state index in [2.05, 4.69) is 30.9 Å². The Bertz CT molecular complexity index is 4940. The van der Waals surface area contributed by atoms with Crippen molar-refractivity contribution in [3.05, 3.63) is 203 Å². The van der Waals surface area contributed by atoms with Crippen LogP contribution < -0.4 is 40.8 Å². The van der Waals surface area contributed by atoms with Crippen LogP contribution in [0.2, 0.25) is 0 Å². The maximum Gasteiger partial charge on any atom is 0.340 e. The van der Waals surface area contributed by atoms with Gasteiger partial charge in [0, 0.05) is 35.2 Å². The number of hydrogen-bond donors (Lipinski definition) is 3. The summed E-state index contributed by atoms with van der Waals surface area (Å²) >= 11 is 3.45. The number of fused-ring (bicyclic) bond motifs is 3. The highest BCUT2D eigenvalue weighted by Crippen LogP contribution is 2.37. The van der Waals surface area contributed by atoms with Gasteiger partial charge in [0.1, 0.15) is 41.1 Å². The second kappa shape index (κ2) is 26.9. The molecule has 1 unspecified atom stereocenters. The molecule has 3 N–H and O–H groups in total. The van der Waals surface area contributed by atoms with Crippen LogP contribution in [0.5, 0.6) is 28.7 Å². The second-order valence-corrected chi connectivity index (χ2v) is 29.4. The molecule has 0 bridgehead atoms. The van der Waals surface area contributed by atoms with Gasteiger partial charge in [-0.05, 0) is 135 Å². The Kier molecular flexibility index (Phi) is 19.2. The highest BCUT2D eigenvalue weighted by atomic mass is 79.9. The van der Waals surface area contributed by atoms with E-state index in [1.165, 1.54) is 47.2 Å². The molecular weight excluding hydrogens is 1300 g/mol. The number of aromatic amines is 3. The number of esters is 1. The molecule has 3 aromatic heterocycles. The van der Waals surface area contributed by atoms with Crippen molar-refractivity contribution in [1.82, 2.24) is 28.7 Å². The predicted octanol–water partition coefficient (Wildman–Crippen LogP) is 8.75. The number of carbonyl (C=O) groups is 1.